The number of ether oxygens (including phenoxy) is 1. The van der Waals surface area contributed by atoms with E-state index in [1.54, 1.807) is 6.07 Å². The first-order chi connectivity index (χ1) is 7.68. The van der Waals surface area contributed by atoms with Crippen molar-refractivity contribution in [3.05, 3.63) is 29.3 Å². The molecule has 84 valence electrons. The zero-order chi connectivity index (χ0) is 11.5. The number of Topliss-reactive ketones (excluding diaryl/α,β-unsaturated/α-hetero) is 1. The molecule has 0 spiro atoms. The lowest BCUT2D eigenvalue weighted by atomic mass is 10.0. The minimum atomic E-state index is -0.431. The Balaban J connectivity index is 2.18. The summed E-state index contributed by atoms with van der Waals surface area (Å²) in [6.07, 6.45) is 0.845. The van der Waals surface area contributed by atoms with Gasteiger partial charge in [-0.3, -0.25) is 9.59 Å². The van der Waals surface area contributed by atoms with Crippen LogP contribution in [0.2, 0.25) is 0 Å². The number of carbonyl (C=O) groups is 2. The van der Waals surface area contributed by atoms with Crippen molar-refractivity contribution >= 4 is 17.4 Å². The molecule has 0 radical (unpaired) electrons. The van der Waals surface area contributed by atoms with Gasteiger partial charge < -0.3 is 10.1 Å². The summed E-state index contributed by atoms with van der Waals surface area (Å²) in [5.41, 5.74) is 2.69. The zero-order valence-corrected chi connectivity index (χ0v) is 9.08. The molecule has 1 aromatic carbocycles. The van der Waals surface area contributed by atoms with Gasteiger partial charge in [0.15, 0.2) is 6.61 Å². The van der Waals surface area contributed by atoms with Crippen LogP contribution in [0.25, 0.3) is 0 Å². The second kappa shape index (κ2) is 4.35. The third-order valence-corrected chi connectivity index (χ3v) is 2.57. The Hall–Kier alpha value is -1.84. The van der Waals surface area contributed by atoms with E-state index >= 15 is 0 Å². The van der Waals surface area contributed by atoms with E-state index < -0.39 is 5.97 Å². The highest BCUT2D eigenvalue weighted by atomic mass is 16.5. The first-order valence-corrected chi connectivity index (χ1v) is 5.21. The van der Waals surface area contributed by atoms with Gasteiger partial charge in [-0.2, -0.15) is 0 Å². The highest BCUT2D eigenvalue weighted by Crippen LogP contribution is 2.25. The van der Waals surface area contributed by atoms with Crippen molar-refractivity contribution in [1.29, 1.82) is 0 Å². The van der Waals surface area contributed by atoms with Crippen LogP contribution in [0.15, 0.2) is 18.2 Å². The van der Waals surface area contributed by atoms with Crippen molar-refractivity contribution in [2.24, 2.45) is 0 Å². The number of rotatable bonds is 3. The molecule has 4 heteroatoms. The number of nitrogens with one attached hydrogen (secondary N) is 1. The molecule has 1 aliphatic rings. The Morgan fingerprint density at radius 2 is 2.25 bits per heavy atom. The first-order valence-electron chi connectivity index (χ1n) is 5.21. The van der Waals surface area contributed by atoms with Crippen molar-refractivity contribution in [3.63, 3.8) is 0 Å². The Morgan fingerprint density at radius 3 is 3.00 bits per heavy atom. The van der Waals surface area contributed by atoms with Crippen LogP contribution < -0.4 is 5.32 Å². The fourth-order valence-electron chi connectivity index (χ4n) is 1.85. The maximum absolute atomic E-state index is 11.8. The molecule has 2 rings (SSSR count). The summed E-state index contributed by atoms with van der Waals surface area (Å²) in [7, 11) is 0. The van der Waals surface area contributed by atoms with Gasteiger partial charge in [-0.15, -0.1) is 0 Å². The number of hydrogen-bond acceptors (Lipinski definition) is 4. The van der Waals surface area contributed by atoms with E-state index in [0.29, 0.717) is 5.56 Å². The molecule has 0 fully saturated rings. The average molecular weight is 219 g/mol. The van der Waals surface area contributed by atoms with Gasteiger partial charge in [0.1, 0.15) is 0 Å². The van der Waals surface area contributed by atoms with Crippen molar-refractivity contribution in [2.75, 3.05) is 18.5 Å². The molecule has 1 N–H and O–H groups in total. The minimum Gasteiger partial charge on any atom is -0.457 e. The van der Waals surface area contributed by atoms with Gasteiger partial charge in [-0.05, 0) is 18.1 Å². The lowest BCUT2D eigenvalue weighted by Crippen LogP contribution is -2.13. The number of carbonyl (C=O) groups excluding carboxylic acids is 2. The standard InChI is InChI=1S/C12H13NO3/c1-8(14)16-7-12(15)10-3-2-4-11-9(10)5-6-13-11/h2-4,13H,5-7H2,1H3. The van der Waals surface area contributed by atoms with Crippen molar-refractivity contribution in [3.8, 4) is 0 Å². The van der Waals surface area contributed by atoms with Gasteiger partial charge >= 0.3 is 5.97 Å². The van der Waals surface area contributed by atoms with Crippen LogP contribution >= 0.6 is 0 Å². The molecular formula is C12H13NO3. The van der Waals surface area contributed by atoms with E-state index in [2.05, 4.69) is 5.32 Å². The molecule has 4 nitrogen and oxygen atoms in total. The van der Waals surface area contributed by atoms with E-state index in [0.717, 1.165) is 24.2 Å². The third kappa shape index (κ3) is 2.05. The maximum Gasteiger partial charge on any atom is 0.303 e. The summed E-state index contributed by atoms with van der Waals surface area (Å²) >= 11 is 0. The van der Waals surface area contributed by atoms with Crippen LogP contribution in [0.4, 0.5) is 5.69 Å². The smallest absolute Gasteiger partial charge is 0.303 e. The van der Waals surface area contributed by atoms with Gasteiger partial charge in [0.2, 0.25) is 5.78 Å². The average Bonchev–Trinajstić information content (AvgIpc) is 2.73. The van der Waals surface area contributed by atoms with Gasteiger partial charge in [0, 0.05) is 24.7 Å². The largest absolute Gasteiger partial charge is 0.457 e. The summed E-state index contributed by atoms with van der Waals surface area (Å²) in [5, 5.41) is 3.20. The summed E-state index contributed by atoms with van der Waals surface area (Å²) in [5.74, 6) is -0.574. The maximum atomic E-state index is 11.8. The molecule has 0 saturated heterocycles. The SMILES string of the molecule is CC(=O)OCC(=O)c1cccc2c1CCN2. The van der Waals surface area contributed by atoms with E-state index in [4.69, 9.17) is 4.74 Å². The van der Waals surface area contributed by atoms with Crippen LogP contribution in [-0.2, 0) is 16.0 Å². The summed E-state index contributed by atoms with van der Waals surface area (Å²) in [4.78, 5) is 22.4. The number of anilines is 1. The Labute approximate surface area is 93.6 Å². The van der Waals surface area contributed by atoms with E-state index in [-0.39, 0.29) is 12.4 Å². The molecule has 1 heterocycles. The molecule has 0 atom stereocenters. The molecule has 0 bridgehead atoms. The Morgan fingerprint density at radius 1 is 1.44 bits per heavy atom. The second-order valence-electron chi connectivity index (χ2n) is 3.71. The van der Waals surface area contributed by atoms with Crippen LogP contribution in [0, 0.1) is 0 Å². The molecule has 0 saturated carbocycles. The summed E-state index contributed by atoms with van der Waals surface area (Å²) in [6, 6.07) is 5.56. The fraction of sp³-hybridized carbons (Fsp3) is 0.333. The number of ketones is 1. The lowest BCUT2D eigenvalue weighted by Gasteiger charge is -2.06. The normalized spacial score (nSPS) is 12.8. The third-order valence-electron chi connectivity index (χ3n) is 2.57. The van der Waals surface area contributed by atoms with Crippen LogP contribution in [0.5, 0.6) is 0 Å². The quantitative estimate of drug-likeness (QED) is 0.616. The molecule has 0 aliphatic carbocycles. The highest BCUT2D eigenvalue weighted by molar-refractivity contribution is 6.00. The summed E-state index contributed by atoms with van der Waals surface area (Å²) in [6.45, 7) is 1.98. The predicted octanol–water partition coefficient (Wildman–Crippen LogP) is 1.40. The molecule has 1 aromatic rings. The van der Waals surface area contributed by atoms with Crippen molar-refractivity contribution < 1.29 is 14.3 Å². The fourth-order valence-corrected chi connectivity index (χ4v) is 1.85. The number of hydrogen-bond donors (Lipinski definition) is 1. The van der Waals surface area contributed by atoms with Gasteiger partial charge in [0.05, 0.1) is 0 Å². The van der Waals surface area contributed by atoms with Crippen LogP contribution in [0.3, 0.4) is 0 Å². The van der Waals surface area contributed by atoms with E-state index in [9.17, 15) is 9.59 Å². The van der Waals surface area contributed by atoms with Gasteiger partial charge in [-0.25, -0.2) is 0 Å². The van der Waals surface area contributed by atoms with Gasteiger partial charge in [0.25, 0.3) is 0 Å². The van der Waals surface area contributed by atoms with E-state index in [1.165, 1.54) is 6.92 Å². The number of esters is 1. The molecule has 0 aromatic heterocycles. The highest BCUT2D eigenvalue weighted by Gasteiger charge is 2.18. The molecule has 16 heavy (non-hydrogen) atoms. The second-order valence-corrected chi connectivity index (χ2v) is 3.71. The Bertz CT molecular complexity index is 440. The van der Waals surface area contributed by atoms with E-state index in [1.807, 2.05) is 12.1 Å². The molecular weight excluding hydrogens is 206 g/mol. The molecule has 0 amide bonds. The lowest BCUT2D eigenvalue weighted by molar-refractivity contribution is -0.139. The van der Waals surface area contributed by atoms with Crippen molar-refractivity contribution in [2.45, 2.75) is 13.3 Å². The Kier molecular flexibility index (Phi) is 2.90. The predicted molar refractivity (Wildman–Crippen MR) is 59.6 cm³/mol. The number of fused-ring (bicyclic) bond motifs is 1. The summed E-state index contributed by atoms with van der Waals surface area (Å²) < 4.78 is 4.71. The first kappa shape index (κ1) is 10.7. The van der Waals surface area contributed by atoms with Crippen LogP contribution in [0.1, 0.15) is 22.8 Å². The molecule has 1 aliphatic heterocycles. The van der Waals surface area contributed by atoms with Crippen LogP contribution in [-0.4, -0.2) is 24.9 Å². The monoisotopic (exact) mass is 219 g/mol. The molecule has 0 unspecified atom stereocenters. The minimum absolute atomic E-state index is 0.143. The topological polar surface area (TPSA) is 55.4 Å². The van der Waals surface area contributed by atoms with Crippen molar-refractivity contribution in [1.82, 2.24) is 0 Å². The zero-order valence-electron chi connectivity index (χ0n) is 9.08. The van der Waals surface area contributed by atoms with Gasteiger partial charge in [-0.1, -0.05) is 12.1 Å². The number of benzene rings is 1.